The Bertz CT molecular complexity index is 1150. The number of rotatable bonds is 4. The number of aromatic nitrogens is 5. The van der Waals surface area contributed by atoms with Gasteiger partial charge in [0.05, 0.1) is 35.4 Å². The maximum atomic E-state index is 14.3. The molecule has 3 aromatic heterocycles. The second kappa shape index (κ2) is 8.27. The van der Waals surface area contributed by atoms with Crippen molar-refractivity contribution < 1.29 is 18.3 Å². The molecule has 0 spiro atoms. The minimum Gasteiger partial charge on any atom is -0.368 e. The van der Waals surface area contributed by atoms with Crippen LogP contribution in [-0.4, -0.2) is 48.9 Å². The zero-order valence-corrected chi connectivity index (χ0v) is 18.0. The second-order valence-corrected chi connectivity index (χ2v) is 8.15. The maximum absolute atomic E-state index is 14.3. The Hall–Kier alpha value is -2.99. The number of carbonyl (C=O) groups is 1. The number of thiazole rings is 1. The highest BCUT2D eigenvalue weighted by atomic mass is 32.1. The lowest BCUT2D eigenvalue weighted by Gasteiger charge is -2.17. The molecule has 2 atom stereocenters. The number of nitrogens with zero attached hydrogens (tertiary/aromatic N) is 5. The van der Waals surface area contributed by atoms with Crippen LogP contribution < -0.4 is 5.32 Å². The van der Waals surface area contributed by atoms with Gasteiger partial charge in [-0.1, -0.05) is 0 Å². The molecule has 1 amide bonds. The van der Waals surface area contributed by atoms with E-state index in [1.165, 1.54) is 13.2 Å². The van der Waals surface area contributed by atoms with Gasteiger partial charge in [0.1, 0.15) is 16.8 Å². The van der Waals surface area contributed by atoms with Crippen molar-refractivity contribution in [3.8, 4) is 10.6 Å². The second-order valence-electron chi connectivity index (χ2n) is 7.29. The Morgan fingerprint density at radius 1 is 1.39 bits per heavy atom. The van der Waals surface area contributed by atoms with Gasteiger partial charge in [-0.15, -0.1) is 11.3 Å². The number of aryl methyl sites for hydroxylation is 3. The van der Waals surface area contributed by atoms with Gasteiger partial charge < -0.3 is 15.5 Å². The van der Waals surface area contributed by atoms with Gasteiger partial charge in [-0.25, -0.2) is 14.1 Å². The van der Waals surface area contributed by atoms with E-state index >= 15 is 0 Å². The van der Waals surface area contributed by atoms with E-state index in [0.29, 0.717) is 28.5 Å². The first-order valence-corrected chi connectivity index (χ1v) is 10.5. The summed E-state index contributed by atoms with van der Waals surface area (Å²) >= 11 is 1.15. The van der Waals surface area contributed by atoms with Crippen LogP contribution in [0.3, 0.4) is 0 Å². The highest BCUT2D eigenvalue weighted by Crippen LogP contribution is 2.33. The quantitative estimate of drug-likeness (QED) is 0.636. The molecule has 0 aromatic carbocycles. The lowest BCUT2D eigenvalue weighted by molar-refractivity contribution is 0.0323. The van der Waals surface area contributed by atoms with Crippen LogP contribution in [0.1, 0.15) is 40.8 Å². The highest BCUT2D eigenvalue weighted by Gasteiger charge is 2.29. The van der Waals surface area contributed by atoms with E-state index in [4.69, 9.17) is 10.1 Å². The maximum Gasteiger partial charge on any atom is 0.275 e. The number of hydrogen-bond acceptors (Lipinski definition) is 7. The molecule has 164 valence electrons. The summed E-state index contributed by atoms with van der Waals surface area (Å²) in [6.45, 7) is 1.46. The molecular weight excluding hydrogens is 428 g/mol. The molecule has 0 saturated carbocycles. The summed E-state index contributed by atoms with van der Waals surface area (Å²) in [5.41, 5.74) is 1.88. The minimum atomic E-state index is -1.43. The zero-order chi connectivity index (χ0) is 22.3. The van der Waals surface area contributed by atoms with Crippen LogP contribution in [0.2, 0.25) is 0 Å². The number of carbonyl (C=O) groups excluding carboxylic acids is 1. The van der Waals surface area contributed by atoms with E-state index in [9.17, 15) is 13.6 Å². The van der Waals surface area contributed by atoms with Crippen molar-refractivity contribution in [2.75, 3.05) is 11.9 Å². The Labute approximate surface area is 180 Å². The van der Waals surface area contributed by atoms with Crippen LogP contribution in [0.4, 0.5) is 14.5 Å². The molecule has 4 heterocycles. The van der Waals surface area contributed by atoms with E-state index < -0.39 is 24.1 Å². The predicted octanol–water partition coefficient (Wildman–Crippen LogP) is 3.19. The van der Waals surface area contributed by atoms with E-state index in [0.717, 1.165) is 16.0 Å². The molecule has 0 bridgehead atoms. The van der Waals surface area contributed by atoms with Crippen molar-refractivity contribution >= 4 is 28.6 Å². The minimum absolute atomic E-state index is 0.00295. The van der Waals surface area contributed by atoms with Crippen molar-refractivity contribution in [2.24, 2.45) is 14.1 Å². The van der Waals surface area contributed by atoms with Gasteiger partial charge in [0.2, 0.25) is 5.95 Å². The van der Waals surface area contributed by atoms with Gasteiger partial charge in [-0.3, -0.25) is 9.48 Å². The Balaban J connectivity index is 1.55. The molecule has 2 N–H and O–H groups in total. The van der Waals surface area contributed by atoms with Crippen molar-refractivity contribution in [1.82, 2.24) is 24.5 Å². The number of nitrogens with one attached hydrogen (secondary N) is 2. The number of alkyl halides is 1. The molecule has 0 aliphatic carbocycles. The van der Waals surface area contributed by atoms with Crippen molar-refractivity contribution in [3.63, 3.8) is 0 Å². The van der Waals surface area contributed by atoms with Crippen molar-refractivity contribution in [2.45, 2.75) is 32.0 Å². The topological polar surface area (TPSA) is 111 Å². The van der Waals surface area contributed by atoms with Crippen LogP contribution in [0.15, 0.2) is 11.6 Å². The Morgan fingerprint density at radius 2 is 2.16 bits per heavy atom. The highest BCUT2D eigenvalue weighted by molar-refractivity contribution is 7.13. The van der Waals surface area contributed by atoms with E-state index in [-0.39, 0.29) is 30.0 Å². The molecule has 1 saturated heterocycles. The van der Waals surface area contributed by atoms with Crippen LogP contribution in [0, 0.1) is 18.3 Å². The summed E-state index contributed by atoms with van der Waals surface area (Å²) in [6.07, 6.45) is 0.207. The van der Waals surface area contributed by atoms with Crippen LogP contribution in [0.5, 0.6) is 0 Å². The van der Waals surface area contributed by atoms with Gasteiger partial charge in [-0.2, -0.15) is 14.6 Å². The third-order valence-electron chi connectivity index (χ3n) is 5.14. The fourth-order valence-electron chi connectivity index (χ4n) is 3.52. The molecular formula is C19H21F2N7O2S. The molecule has 0 unspecified atom stereocenters. The van der Waals surface area contributed by atoms with Crippen LogP contribution in [0.25, 0.3) is 10.6 Å². The molecule has 9 nitrogen and oxygen atoms in total. The lowest BCUT2D eigenvalue weighted by Crippen LogP contribution is -2.18. The predicted molar refractivity (Wildman–Crippen MR) is 111 cm³/mol. The molecule has 1 aliphatic heterocycles. The Kier molecular flexibility index (Phi) is 5.67. The first kappa shape index (κ1) is 21.2. The number of hydrogen-bond donors (Lipinski definition) is 2. The van der Waals surface area contributed by atoms with Crippen molar-refractivity contribution in [3.05, 3.63) is 34.6 Å². The SMILES string of the molecule is Cc1nn(C)c(F)c1-c1nc(C(=O)Nc2cnn(C)c2[C@@H]2CCC(=N)[C@H](F)CO2)cs1. The third kappa shape index (κ3) is 4.00. The standard InChI is InChI=1S/C19H21F2N7O2S/c1-9-15(17(21)28(3)26-9)19-25-13(8-31-19)18(29)24-12-6-23-27(2)16(12)14-5-4-11(22)10(20)7-30-14/h6,8,10,14,22H,4-5,7H2,1-3H3,(H,24,29)/t10-,14+/m1/s1. The van der Waals surface area contributed by atoms with E-state index in [1.807, 2.05) is 0 Å². The van der Waals surface area contributed by atoms with Crippen LogP contribution >= 0.6 is 11.3 Å². The molecule has 31 heavy (non-hydrogen) atoms. The average Bonchev–Trinajstić information content (AvgIpc) is 3.37. The summed E-state index contributed by atoms with van der Waals surface area (Å²) < 4.78 is 36.4. The average molecular weight is 449 g/mol. The van der Waals surface area contributed by atoms with Gasteiger partial charge >= 0.3 is 0 Å². The monoisotopic (exact) mass is 449 g/mol. The molecule has 12 heteroatoms. The van der Waals surface area contributed by atoms with Crippen LogP contribution in [-0.2, 0) is 18.8 Å². The van der Waals surface area contributed by atoms with Gasteiger partial charge in [0, 0.05) is 25.2 Å². The van der Waals surface area contributed by atoms with Gasteiger partial charge in [0.25, 0.3) is 5.91 Å². The van der Waals surface area contributed by atoms with E-state index in [2.05, 4.69) is 20.5 Å². The molecule has 0 radical (unpaired) electrons. The van der Waals surface area contributed by atoms with Crippen molar-refractivity contribution in [1.29, 1.82) is 5.41 Å². The number of halogens is 2. The fourth-order valence-corrected chi connectivity index (χ4v) is 4.40. The molecule has 4 rings (SSSR count). The van der Waals surface area contributed by atoms with Gasteiger partial charge in [-0.05, 0) is 19.8 Å². The molecule has 1 fully saturated rings. The first-order chi connectivity index (χ1) is 14.8. The number of amides is 1. The summed E-state index contributed by atoms with van der Waals surface area (Å²) in [6, 6.07) is 0. The van der Waals surface area contributed by atoms with Gasteiger partial charge in [0.15, 0.2) is 6.17 Å². The third-order valence-corrected chi connectivity index (χ3v) is 6.00. The van der Waals surface area contributed by atoms with E-state index in [1.54, 1.807) is 24.0 Å². The Morgan fingerprint density at radius 3 is 2.87 bits per heavy atom. The largest absolute Gasteiger partial charge is 0.368 e. The number of ether oxygens (including phenoxy) is 1. The molecule has 1 aliphatic rings. The fraction of sp³-hybridized carbons (Fsp3) is 0.421. The molecule has 3 aromatic rings. The summed E-state index contributed by atoms with van der Waals surface area (Å²) in [5.74, 6) is -1.00. The first-order valence-electron chi connectivity index (χ1n) is 9.57. The normalized spacial score (nSPS) is 19.5. The summed E-state index contributed by atoms with van der Waals surface area (Å²) in [5, 5.41) is 20.6. The smallest absolute Gasteiger partial charge is 0.275 e. The lowest BCUT2D eigenvalue weighted by atomic mass is 10.1. The summed E-state index contributed by atoms with van der Waals surface area (Å²) in [7, 11) is 3.20. The zero-order valence-electron chi connectivity index (χ0n) is 17.1. The number of anilines is 1. The summed E-state index contributed by atoms with van der Waals surface area (Å²) in [4.78, 5) is 17.1.